The topological polar surface area (TPSA) is 48.4 Å². The lowest BCUT2D eigenvalue weighted by Crippen LogP contribution is -2.08. The van der Waals surface area contributed by atoms with Crippen LogP contribution in [-0.2, 0) is 4.74 Å². The number of hydrogen-bond acceptors (Lipinski definition) is 4. The Morgan fingerprint density at radius 2 is 2.27 bits per heavy atom. The molecule has 15 heavy (non-hydrogen) atoms. The van der Waals surface area contributed by atoms with Crippen molar-refractivity contribution in [1.29, 1.82) is 0 Å². The lowest BCUT2D eigenvalue weighted by Gasteiger charge is -2.10. The minimum absolute atomic E-state index is 0.293. The summed E-state index contributed by atoms with van der Waals surface area (Å²) in [4.78, 5) is 15.4. The number of rotatable bonds is 3. The van der Waals surface area contributed by atoms with E-state index in [1.165, 1.54) is 13.3 Å². The van der Waals surface area contributed by atoms with Gasteiger partial charge in [-0.1, -0.05) is 11.6 Å². The summed E-state index contributed by atoms with van der Waals surface area (Å²) in [6.45, 7) is 3.78. The van der Waals surface area contributed by atoms with Gasteiger partial charge in [-0.05, 0) is 13.8 Å². The maximum atomic E-state index is 11.5. The number of methoxy groups -OCH3 is 1. The molecule has 0 aliphatic heterocycles. The van der Waals surface area contributed by atoms with E-state index >= 15 is 0 Å². The molecule has 0 aliphatic carbocycles. The van der Waals surface area contributed by atoms with Crippen LogP contribution in [0.5, 0.6) is 5.75 Å². The first-order valence-corrected chi connectivity index (χ1v) is 4.85. The molecule has 1 heterocycles. The number of nitrogens with zero attached hydrogens (tertiary/aromatic N) is 1. The summed E-state index contributed by atoms with van der Waals surface area (Å²) in [7, 11) is 1.47. The predicted molar refractivity (Wildman–Crippen MR) is 56.5 cm³/mol. The highest BCUT2D eigenvalue weighted by molar-refractivity contribution is 6.30. The number of hydrogen-bond donors (Lipinski definition) is 0. The Morgan fingerprint density at radius 1 is 1.60 bits per heavy atom. The molecule has 0 unspecified atom stereocenters. The smallest absolute Gasteiger partial charge is 0.343 e. The van der Waals surface area contributed by atoms with Crippen molar-refractivity contribution in [2.45, 2.75) is 13.8 Å². The Hall–Kier alpha value is -1.29. The van der Waals surface area contributed by atoms with Crippen molar-refractivity contribution >= 4 is 17.6 Å². The van der Waals surface area contributed by atoms with E-state index in [-0.39, 0.29) is 0 Å². The average Bonchev–Trinajstić information content (AvgIpc) is 2.22. The van der Waals surface area contributed by atoms with E-state index in [0.29, 0.717) is 28.6 Å². The number of aromatic nitrogens is 1. The maximum absolute atomic E-state index is 11.5. The molecule has 0 bridgehead atoms. The predicted octanol–water partition coefficient (Wildman–Crippen LogP) is 2.23. The minimum atomic E-state index is -0.457. The molecule has 1 aromatic rings. The number of carbonyl (C=O) groups is 1. The fourth-order valence-electron chi connectivity index (χ4n) is 1.19. The molecule has 0 spiro atoms. The van der Waals surface area contributed by atoms with Crippen LogP contribution in [0.15, 0.2) is 6.20 Å². The summed E-state index contributed by atoms with van der Waals surface area (Å²) in [5.74, 6) is -0.0462. The van der Waals surface area contributed by atoms with E-state index < -0.39 is 5.97 Å². The van der Waals surface area contributed by atoms with Crippen molar-refractivity contribution in [1.82, 2.24) is 4.98 Å². The van der Waals surface area contributed by atoms with Gasteiger partial charge in [0.25, 0.3) is 0 Å². The van der Waals surface area contributed by atoms with Crippen LogP contribution >= 0.6 is 11.6 Å². The lowest BCUT2D eigenvalue weighted by atomic mass is 10.2. The Morgan fingerprint density at radius 3 is 2.80 bits per heavy atom. The molecule has 82 valence electrons. The second kappa shape index (κ2) is 4.98. The zero-order chi connectivity index (χ0) is 11.4. The fourth-order valence-corrected chi connectivity index (χ4v) is 1.32. The lowest BCUT2D eigenvalue weighted by molar-refractivity contribution is 0.0522. The van der Waals surface area contributed by atoms with Gasteiger partial charge in [-0.3, -0.25) is 0 Å². The Balaban J connectivity index is 3.18. The molecular formula is C10H12ClNO3. The third-order valence-electron chi connectivity index (χ3n) is 1.90. The van der Waals surface area contributed by atoms with E-state index in [4.69, 9.17) is 21.1 Å². The second-order valence-corrected chi connectivity index (χ2v) is 3.20. The molecule has 0 radical (unpaired) electrons. The first kappa shape index (κ1) is 11.8. The number of ether oxygens (including phenoxy) is 2. The Labute approximate surface area is 93.2 Å². The van der Waals surface area contributed by atoms with E-state index in [0.717, 1.165) is 0 Å². The van der Waals surface area contributed by atoms with Gasteiger partial charge in [-0.2, -0.15) is 0 Å². The van der Waals surface area contributed by atoms with Gasteiger partial charge in [0.05, 0.1) is 13.7 Å². The Kier molecular flexibility index (Phi) is 3.91. The van der Waals surface area contributed by atoms with Crippen molar-refractivity contribution < 1.29 is 14.3 Å². The summed E-state index contributed by atoms with van der Waals surface area (Å²) in [6.07, 6.45) is 1.35. The minimum Gasteiger partial charge on any atom is -0.495 e. The van der Waals surface area contributed by atoms with E-state index in [1.807, 2.05) is 0 Å². The molecule has 0 saturated carbocycles. The van der Waals surface area contributed by atoms with Crippen LogP contribution < -0.4 is 4.74 Å². The van der Waals surface area contributed by atoms with Crippen LogP contribution in [0.2, 0.25) is 5.15 Å². The second-order valence-electron chi connectivity index (χ2n) is 2.84. The fraction of sp³-hybridized carbons (Fsp3) is 0.400. The highest BCUT2D eigenvalue weighted by Gasteiger charge is 2.17. The van der Waals surface area contributed by atoms with E-state index in [2.05, 4.69) is 4.98 Å². The highest BCUT2D eigenvalue weighted by Crippen LogP contribution is 2.27. The molecule has 0 amide bonds. The maximum Gasteiger partial charge on any atom is 0.343 e. The third-order valence-corrected chi connectivity index (χ3v) is 2.28. The summed E-state index contributed by atoms with van der Waals surface area (Å²) >= 11 is 5.80. The van der Waals surface area contributed by atoms with Crippen LogP contribution in [0.3, 0.4) is 0 Å². The van der Waals surface area contributed by atoms with Gasteiger partial charge in [0.2, 0.25) is 0 Å². The van der Waals surface area contributed by atoms with Gasteiger partial charge in [-0.15, -0.1) is 0 Å². The monoisotopic (exact) mass is 229 g/mol. The third kappa shape index (κ3) is 2.39. The molecule has 1 aromatic heterocycles. The first-order chi connectivity index (χ1) is 7.11. The SMILES string of the molecule is CCOC(=O)c1cnc(Cl)c(C)c1OC. The van der Waals surface area contributed by atoms with Crippen LogP contribution in [0.1, 0.15) is 22.8 Å². The summed E-state index contributed by atoms with van der Waals surface area (Å²) in [5, 5.41) is 0.319. The standard InChI is InChI=1S/C10H12ClNO3/c1-4-15-10(13)7-5-12-9(11)6(2)8(7)14-3/h5H,4H2,1-3H3. The zero-order valence-corrected chi connectivity index (χ0v) is 9.59. The van der Waals surface area contributed by atoms with Gasteiger partial charge in [0.15, 0.2) is 0 Å². The molecule has 0 N–H and O–H groups in total. The molecule has 0 saturated heterocycles. The van der Waals surface area contributed by atoms with E-state index in [1.54, 1.807) is 13.8 Å². The largest absolute Gasteiger partial charge is 0.495 e. The number of halogens is 1. The molecule has 0 atom stereocenters. The zero-order valence-electron chi connectivity index (χ0n) is 8.83. The molecular weight excluding hydrogens is 218 g/mol. The van der Waals surface area contributed by atoms with Crippen molar-refractivity contribution in [2.75, 3.05) is 13.7 Å². The van der Waals surface area contributed by atoms with Crippen molar-refractivity contribution in [2.24, 2.45) is 0 Å². The van der Waals surface area contributed by atoms with Gasteiger partial charge >= 0.3 is 5.97 Å². The van der Waals surface area contributed by atoms with Crippen LogP contribution in [0, 0.1) is 6.92 Å². The normalized spacial score (nSPS) is 9.87. The van der Waals surface area contributed by atoms with Gasteiger partial charge in [-0.25, -0.2) is 9.78 Å². The van der Waals surface area contributed by atoms with Crippen LogP contribution in [0.25, 0.3) is 0 Å². The molecule has 0 fully saturated rings. The van der Waals surface area contributed by atoms with Crippen molar-refractivity contribution in [3.63, 3.8) is 0 Å². The molecule has 0 aliphatic rings. The molecule has 4 nitrogen and oxygen atoms in total. The quantitative estimate of drug-likeness (QED) is 0.589. The highest BCUT2D eigenvalue weighted by atomic mass is 35.5. The average molecular weight is 230 g/mol. The molecule has 5 heteroatoms. The summed E-state index contributed by atoms with van der Waals surface area (Å²) < 4.78 is 9.96. The number of carbonyl (C=O) groups excluding carboxylic acids is 1. The van der Waals surface area contributed by atoms with Crippen LogP contribution in [-0.4, -0.2) is 24.7 Å². The van der Waals surface area contributed by atoms with Gasteiger partial charge in [0, 0.05) is 11.8 Å². The van der Waals surface area contributed by atoms with Crippen LogP contribution in [0.4, 0.5) is 0 Å². The number of pyridine rings is 1. The first-order valence-electron chi connectivity index (χ1n) is 4.48. The van der Waals surface area contributed by atoms with Gasteiger partial charge in [0.1, 0.15) is 16.5 Å². The van der Waals surface area contributed by atoms with Crippen molar-refractivity contribution in [3.05, 3.63) is 22.5 Å². The van der Waals surface area contributed by atoms with E-state index in [9.17, 15) is 4.79 Å². The summed E-state index contributed by atoms with van der Waals surface area (Å²) in [5.41, 5.74) is 0.922. The Bertz CT molecular complexity index is 379. The summed E-state index contributed by atoms with van der Waals surface area (Å²) in [6, 6.07) is 0. The number of esters is 1. The van der Waals surface area contributed by atoms with Gasteiger partial charge < -0.3 is 9.47 Å². The molecule has 1 rings (SSSR count). The van der Waals surface area contributed by atoms with Crippen molar-refractivity contribution in [3.8, 4) is 5.75 Å². The molecule has 0 aromatic carbocycles.